The SMILES string of the molecule is CC(C)NCCSCc1ccc(Cl)cc1. The molecule has 0 aromatic heterocycles. The third-order valence-electron chi connectivity index (χ3n) is 1.98. The summed E-state index contributed by atoms with van der Waals surface area (Å²) >= 11 is 7.76. The molecule has 0 saturated carbocycles. The topological polar surface area (TPSA) is 12.0 Å². The first-order valence-electron chi connectivity index (χ1n) is 5.24. The number of hydrogen-bond donors (Lipinski definition) is 1. The Kier molecular flexibility index (Phi) is 6.15. The molecule has 0 aliphatic rings. The van der Waals surface area contributed by atoms with Gasteiger partial charge in [-0.3, -0.25) is 0 Å². The molecule has 0 fully saturated rings. The number of halogens is 1. The smallest absolute Gasteiger partial charge is 0.0406 e. The normalized spacial score (nSPS) is 10.9. The minimum atomic E-state index is 0.584. The van der Waals surface area contributed by atoms with Gasteiger partial charge >= 0.3 is 0 Å². The van der Waals surface area contributed by atoms with Crippen LogP contribution in [0.25, 0.3) is 0 Å². The van der Waals surface area contributed by atoms with Crippen LogP contribution in [-0.4, -0.2) is 18.3 Å². The van der Waals surface area contributed by atoms with Gasteiger partial charge < -0.3 is 5.32 Å². The number of thioether (sulfide) groups is 1. The maximum absolute atomic E-state index is 5.81. The van der Waals surface area contributed by atoms with Crippen LogP contribution in [0.2, 0.25) is 5.02 Å². The summed E-state index contributed by atoms with van der Waals surface area (Å²) in [6.07, 6.45) is 0. The minimum Gasteiger partial charge on any atom is -0.314 e. The maximum atomic E-state index is 5.81. The van der Waals surface area contributed by atoms with E-state index in [-0.39, 0.29) is 0 Å². The van der Waals surface area contributed by atoms with Gasteiger partial charge in [-0.05, 0) is 17.7 Å². The lowest BCUT2D eigenvalue weighted by molar-refractivity contribution is 0.616. The van der Waals surface area contributed by atoms with Gasteiger partial charge in [0.1, 0.15) is 0 Å². The van der Waals surface area contributed by atoms with Crippen molar-refractivity contribution >= 4 is 23.4 Å². The molecule has 0 atom stereocenters. The summed E-state index contributed by atoms with van der Waals surface area (Å²) < 4.78 is 0. The van der Waals surface area contributed by atoms with Gasteiger partial charge in [-0.15, -0.1) is 0 Å². The first kappa shape index (κ1) is 12.9. The van der Waals surface area contributed by atoms with Gasteiger partial charge in [0, 0.05) is 29.1 Å². The number of nitrogens with one attached hydrogen (secondary N) is 1. The van der Waals surface area contributed by atoms with Crippen molar-refractivity contribution in [3.05, 3.63) is 34.9 Å². The molecule has 0 unspecified atom stereocenters. The van der Waals surface area contributed by atoms with E-state index in [0.717, 1.165) is 23.1 Å². The van der Waals surface area contributed by atoms with Crippen molar-refractivity contribution in [2.45, 2.75) is 25.6 Å². The molecule has 15 heavy (non-hydrogen) atoms. The molecule has 0 amide bonds. The second kappa shape index (κ2) is 7.15. The number of benzene rings is 1. The molecule has 0 bridgehead atoms. The second-order valence-electron chi connectivity index (χ2n) is 3.79. The van der Waals surface area contributed by atoms with Crippen LogP contribution in [0.5, 0.6) is 0 Å². The lowest BCUT2D eigenvalue weighted by atomic mass is 10.2. The van der Waals surface area contributed by atoms with Crippen molar-refractivity contribution in [3.8, 4) is 0 Å². The van der Waals surface area contributed by atoms with Gasteiger partial charge in [0.05, 0.1) is 0 Å². The summed E-state index contributed by atoms with van der Waals surface area (Å²) in [4.78, 5) is 0. The summed E-state index contributed by atoms with van der Waals surface area (Å²) in [5, 5.41) is 4.21. The van der Waals surface area contributed by atoms with Gasteiger partial charge in [-0.25, -0.2) is 0 Å². The van der Waals surface area contributed by atoms with E-state index in [2.05, 4.69) is 31.3 Å². The van der Waals surface area contributed by atoms with Crippen molar-refractivity contribution in [1.82, 2.24) is 5.32 Å². The monoisotopic (exact) mass is 243 g/mol. The molecule has 0 spiro atoms. The Labute approximate surface area is 102 Å². The Hall–Kier alpha value is -0.180. The summed E-state index contributed by atoms with van der Waals surface area (Å²) in [5.74, 6) is 2.22. The van der Waals surface area contributed by atoms with Crippen molar-refractivity contribution in [2.24, 2.45) is 0 Å². The minimum absolute atomic E-state index is 0.584. The molecule has 0 aliphatic heterocycles. The van der Waals surface area contributed by atoms with E-state index < -0.39 is 0 Å². The highest BCUT2D eigenvalue weighted by atomic mass is 35.5. The van der Waals surface area contributed by atoms with Crippen molar-refractivity contribution in [2.75, 3.05) is 12.3 Å². The van der Waals surface area contributed by atoms with E-state index in [1.54, 1.807) is 0 Å². The van der Waals surface area contributed by atoms with Crippen LogP contribution in [0, 0.1) is 0 Å². The second-order valence-corrected chi connectivity index (χ2v) is 5.33. The molecule has 1 nitrogen and oxygen atoms in total. The van der Waals surface area contributed by atoms with Gasteiger partial charge in [0.25, 0.3) is 0 Å². The Balaban J connectivity index is 2.12. The average molecular weight is 244 g/mol. The van der Waals surface area contributed by atoms with Crippen LogP contribution in [0.15, 0.2) is 24.3 Å². The number of rotatable bonds is 6. The van der Waals surface area contributed by atoms with Crippen LogP contribution in [0.3, 0.4) is 0 Å². The Morgan fingerprint density at radius 3 is 2.53 bits per heavy atom. The molecule has 0 aliphatic carbocycles. The summed E-state index contributed by atoms with van der Waals surface area (Å²) in [6.45, 7) is 5.42. The fourth-order valence-corrected chi connectivity index (χ4v) is 2.15. The zero-order chi connectivity index (χ0) is 11.1. The predicted octanol–water partition coefficient (Wildman–Crippen LogP) is 3.57. The molecular weight excluding hydrogens is 226 g/mol. The number of hydrogen-bond acceptors (Lipinski definition) is 2. The zero-order valence-corrected chi connectivity index (χ0v) is 10.9. The fourth-order valence-electron chi connectivity index (χ4n) is 1.19. The van der Waals surface area contributed by atoms with Gasteiger partial charge in [-0.1, -0.05) is 37.6 Å². The van der Waals surface area contributed by atoms with Crippen LogP contribution < -0.4 is 5.32 Å². The van der Waals surface area contributed by atoms with E-state index in [1.807, 2.05) is 23.9 Å². The average Bonchev–Trinajstić information content (AvgIpc) is 2.20. The molecule has 1 rings (SSSR count). The van der Waals surface area contributed by atoms with Crippen molar-refractivity contribution < 1.29 is 0 Å². The molecule has 0 heterocycles. The third kappa shape index (κ3) is 6.08. The highest BCUT2D eigenvalue weighted by Crippen LogP contribution is 2.14. The zero-order valence-electron chi connectivity index (χ0n) is 9.29. The third-order valence-corrected chi connectivity index (χ3v) is 3.26. The first-order valence-corrected chi connectivity index (χ1v) is 6.77. The van der Waals surface area contributed by atoms with Crippen molar-refractivity contribution in [3.63, 3.8) is 0 Å². The largest absolute Gasteiger partial charge is 0.314 e. The Bertz CT molecular complexity index is 271. The van der Waals surface area contributed by atoms with Crippen LogP contribution in [-0.2, 0) is 5.75 Å². The van der Waals surface area contributed by atoms with Gasteiger partial charge in [0.2, 0.25) is 0 Å². The molecule has 1 aromatic carbocycles. The van der Waals surface area contributed by atoms with E-state index >= 15 is 0 Å². The molecule has 3 heteroatoms. The lowest BCUT2D eigenvalue weighted by Gasteiger charge is -2.07. The molecule has 1 aromatic rings. The molecular formula is C12H18ClNS. The molecule has 0 saturated heterocycles. The van der Waals surface area contributed by atoms with Crippen LogP contribution in [0.4, 0.5) is 0 Å². The summed E-state index contributed by atoms with van der Waals surface area (Å²) in [5.41, 5.74) is 1.34. The van der Waals surface area contributed by atoms with E-state index in [1.165, 1.54) is 5.56 Å². The lowest BCUT2D eigenvalue weighted by Crippen LogP contribution is -2.24. The molecule has 84 valence electrons. The molecule has 1 N–H and O–H groups in total. The first-order chi connectivity index (χ1) is 7.18. The predicted molar refractivity (Wildman–Crippen MR) is 70.8 cm³/mol. The Morgan fingerprint density at radius 1 is 1.27 bits per heavy atom. The quantitative estimate of drug-likeness (QED) is 0.767. The highest BCUT2D eigenvalue weighted by molar-refractivity contribution is 7.98. The van der Waals surface area contributed by atoms with Crippen LogP contribution in [0.1, 0.15) is 19.4 Å². The van der Waals surface area contributed by atoms with Crippen LogP contribution >= 0.6 is 23.4 Å². The summed E-state index contributed by atoms with van der Waals surface area (Å²) in [6, 6.07) is 8.66. The summed E-state index contributed by atoms with van der Waals surface area (Å²) in [7, 11) is 0. The highest BCUT2D eigenvalue weighted by Gasteiger charge is 1.95. The molecule has 0 radical (unpaired) electrons. The maximum Gasteiger partial charge on any atom is 0.0406 e. The standard InChI is InChI=1S/C12H18ClNS/c1-10(2)14-7-8-15-9-11-3-5-12(13)6-4-11/h3-6,10,14H,7-9H2,1-2H3. The van der Waals surface area contributed by atoms with E-state index in [4.69, 9.17) is 11.6 Å². The van der Waals surface area contributed by atoms with Gasteiger partial charge in [0.15, 0.2) is 0 Å². The fraction of sp³-hybridized carbons (Fsp3) is 0.500. The van der Waals surface area contributed by atoms with Gasteiger partial charge in [-0.2, -0.15) is 11.8 Å². The van der Waals surface area contributed by atoms with E-state index in [0.29, 0.717) is 6.04 Å². The van der Waals surface area contributed by atoms with E-state index in [9.17, 15) is 0 Å². The Morgan fingerprint density at radius 2 is 1.93 bits per heavy atom. The van der Waals surface area contributed by atoms with Crippen molar-refractivity contribution in [1.29, 1.82) is 0 Å².